The van der Waals surface area contributed by atoms with Crippen LogP contribution in [0.15, 0.2) is 18.2 Å². The quantitative estimate of drug-likeness (QED) is 0.111. The number of aliphatic carboxylic acids is 1. The van der Waals surface area contributed by atoms with Crippen LogP contribution in [0.5, 0.6) is 0 Å². The minimum absolute atomic E-state index is 0.0598. The molecule has 0 saturated carbocycles. The average Bonchev–Trinajstić information content (AvgIpc) is 2.79. The van der Waals surface area contributed by atoms with Crippen LogP contribution in [0.1, 0.15) is 108 Å². The summed E-state index contributed by atoms with van der Waals surface area (Å²) < 4.78 is 0. The third-order valence-electron chi connectivity index (χ3n) is 5.88. The highest BCUT2D eigenvalue weighted by Crippen LogP contribution is 2.26. The maximum atomic E-state index is 11.9. The number of carboxylic acid groups (broad SMARTS) is 1. The van der Waals surface area contributed by atoms with Gasteiger partial charge in [-0.05, 0) is 24.5 Å². The molecule has 0 aliphatic rings. The van der Waals surface area contributed by atoms with Gasteiger partial charge in [0, 0.05) is 18.2 Å². The fourth-order valence-electron chi connectivity index (χ4n) is 3.90. The number of carboxylic acids is 1. The molecule has 1 amide bonds. The Morgan fingerprint density at radius 3 is 1.94 bits per heavy atom. The molecule has 3 N–H and O–H groups in total. The molecule has 0 fully saturated rings. The summed E-state index contributed by atoms with van der Waals surface area (Å²) >= 11 is 0. The van der Waals surface area contributed by atoms with E-state index in [1.54, 1.807) is 0 Å². The Balaban J connectivity index is 2.14. The molecule has 1 rings (SSSR count). The molecular weight excluding hydrogens is 434 g/mol. The zero-order chi connectivity index (χ0) is 25.2. The van der Waals surface area contributed by atoms with Crippen LogP contribution in [0.2, 0.25) is 0 Å². The van der Waals surface area contributed by atoms with Crippen molar-refractivity contribution in [2.45, 2.75) is 97.3 Å². The molecule has 0 spiro atoms. The van der Waals surface area contributed by atoms with E-state index in [2.05, 4.69) is 24.5 Å². The van der Waals surface area contributed by atoms with E-state index in [-0.39, 0.29) is 11.3 Å². The summed E-state index contributed by atoms with van der Waals surface area (Å²) in [7, 11) is 0. The van der Waals surface area contributed by atoms with Gasteiger partial charge in [-0.2, -0.15) is 0 Å². The van der Waals surface area contributed by atoms with Gasteiger partial charge in [0.05, 0.1) is 4.92 Å². The number of carbonyl (C=O) groups excluding carboxylic acids is 1. The van der Waals surface area contributed by atoms with Crippen molar-refractivity contribution >= 4 is 23.3 Å². The average molecular weight is 478 g/mol. The van der Waals surface area contributed by atoms with Gasteiger partial charge in [-0.25, -0.2) is 0 Å². The molecule has 0 aliphatic heterocycles. The van der Waals surface area contributed by atoms with E-state index in [1.165, 1.54) is 88.8 Å². The summed E-state index contributed by atoms with van der Waals surface area (Å²) in [6.45, 7) is 4.67. The second-order valence-corrected chi connectivity index (χ2v) is 9.42. The van der Waals surface area contributed by atoms with Crippen molar-refractivity contribution in [2.24, 2.45) is 5.92 Å². The molecule has 0 atom stereocenters. The van der Waals surface area contributed by atoms with Crippen LogP contribution in [0.4, 0.5) is 11.4 Å². The Labute approximate surface area is 204 Å². The van der Waals surface area contributed by atoms with Gasteiger partial charge in [-0.3, -0.25) is 19.7 Å². The number of amides is 1. The number of benzene rings is 1. The van der Waals surface area contributed by atoms with E-state index >= 15 is 0 Å². The van der Waals surface area contributed by atoms with Crippen molar-refractivity contribution in [2.75, 3.05) is 18.4 Å². The van der Waals surface area contributed by atoms with Crippen molar-refractivity contribution in [1.82, 2.24) is 5.32 Å². The zero-order valence-electron chi connectivity index (χ0n) is 20.9. The summed E-state index contributed by atoms with van der Waals surface area (Å²) in [6, 6.07) is 4.13. The molecule has 1 aromatic rings. The van der Waals surface area contributed by atoms with E-state index in [4.69, 9.17) is 5.11 Å². The number of nitro benzene ring substituents is 1. The zero-order valence-corrected chi connectivity index (χ0v) is 20.9. The molecule has 1 aromatic carbocycles. The van der Waals surface area contributed by atoms with Crippen molar-refractivity contribution in [1.29, 1.82) is 0 Å². The van der Waals surface area contributed by atoms with Gasteiger partial charge in [0.25, 0.3) is 11.6 Å². The predicted octanol–water partition coefficient (Wildman–Crippen LogP) is 6.55. The van der Waals surface area contributed by atoms with Crippen molar-refractivity contribution in [3.63, 3.8) is 0 Å². The Morgan fingerprint density at radius 1 is 0.912 bits per heavy atom. The van der Waals surface area contributed by atoms with Gasteiger partial charge in [0.15, 0.2) is 0 Å². The first-order valence-corrected chi connectivity index (χ1v) is 12.8. The highest BCUT2D eigenvalue weighted by Gasteiger charge is 2.17. The largest absolute Gasteiger partial charge is 0.480 e. The highest BCUT2D eigenvalue weighted by atomic mass is 16.6. The smallest absolute Gasteiger partial charge is 0.322 e. The number of nitrogens with zero attached hydrogens (tertiary/aromatic N) is 1. The van der Waals surface area contributed by atoms with E-state index in [9.17, 15) is 19.7 Å². The number of anilines is 1. The van der Waals surface area contributed by atoms with E-state index in [0.717, 1.165) is 18.8 Å². The van der Waals surface area contributed by atoms with Crippen molar-refractivity contribution in [3.05, 3.63) is 33.9 Å². The minimum atomic E-state index is -1.18. The first-order chi connectivity index (χ1) is 16.3. The molecule has 0 saturated heterocycles. The van der Waals surface area contributed by atoms with Crippen molar-refractivity contribution < 1.29 is 19.6 Å². The molecule has 0 unspecified atom stereocenters. The number of hydrogen-bond donors (Lipinski definition) is 3. The number of carbonyl (C=O) groups is 2. The Bertz CT molecular complexity index is 752. The summed E-state index contributed by atoms with van der Waals surface area (Å²) in [5.74, 6) is -1.00. The topological polar surface area (TPSA) is 122 Å². The third-order valence-corrected chi connectivity index (χ3v) is 5.88. The van der Waals surface area contributed by atoms with Crippen LogP contribution < -0.4 is 10.6 Å². The van der Waals surface area contributed by atoms with E-state index in [1.807, 2.05) is 0 Å². The van der Waals surface area contributed by atoms with Gasteiger partial charge < -0.3 is 15.7 Å². The summed E-state index contributed by atoms with van der Waals surface area (Å²) in [5.41, 5.74) is 0.233. The molecule has 0 heterocycles. The molecule has 192 valence electrons. The number of rotatable bonds is 20. The van der Waals surface area contributed by atoms with Gasteiger partial charge in [0.1, 0.15) is 12.2 Å². The lowest BCUT2D eigenvalue weighted by atomic mass is 10.0. The van der Waals surface area contributed by atoms with Gasteiger partial charge in [0.2, 0.25) is 0 Å². The molecule has 0 bridgehead atoms. The van der Waals surface area contributed by atoms with Crippen LogP contribution in [0.25, 0.3) is 0 Å². The van der Waals surface area contributed by atoms with E-state index < -0.39 is 23.3 Å². The SMILES string of the molecule is CC(C)CCCCCCCCCCCCCCNc1ccc(C(=O)NCC(=O)O)cc1[N+](=O)[O-]. The first-order valence-electron chi connectivity index (χ1n) is 12.8. The molecule has 0 aliphatic carbocycles. The maximum absolute atomic E-state index is 11.9. The second-order valence-electron chi connectivity index (χ2n) is 9.42. The van der Waals surface area contributed by atoms with Crippen LogP contribution in [0.3, 0.4) is 0 Å². The molecule has 34 heavy (non-hydrogen) atoms. The number of nitrogens with one attached hydrogen (secondary N) is 2. The lowest BCUT2D eigenvalue weighted by Gasteiger charge is -2.09. The Hall–Kier alpha value is -2.64. The standard InChI is InChI=1S/C26H43N3O5/c1-21(2)15-13-11-9-7-5-3-4-6-8-10-12-14-18-27-23-17-16-22(19-24(23)29(33)34)26(32)28-20-25(30)31/h16-17,19,21,27H,3-15,18,20H2,1-2H3,(H,28,32)(H,30,31). The number of hydrogen-bond acceptors (Lipinski definition) is 5. The number of unbranched alkanes of at least 4 members (excludes halogenated alkanes) is 11. The fraction of sp³-hybridized carbons (Fsp3) is 0.692. The number of nitro groups is 1. The molecular formula is C26H43N3O5. The molecule has 0 aromatic heterocycles. The van der Waals surface area contributed by atoms with Gasteiger partial charge in [-0.1, -0.05) is 90.9 Å². The van der Waals surface area contributed by atoms with Crippen LogP contribution in [0, 0.1) is 16.0 Å². The maximum Gasteiger partial charge on any atom is 0.322 e. The molecule has 0 radical (unpaired) electrons. The predicted molar refractivity (Wildman–Crippen MR) is 136 cm³/mol. The monoisotopic (exact) mass is 477 g/mol. The van der Waals surface area contributed by atoms with E-state index in [0.29, 0.717) is 12.2 Å². The minimum Gasteiger partial charge on any atom is -0.480 e. The lowest BCUT2D eigenvalue weighted by Crippen LogP contribution is -2.29. The Morgan fingerprint density at radius 2 is 1.44 bits per heavy atom. The summed E-state index contributed by atoms with van der Waals surface area (Å²) in [4.78, 5) is 33.3. The first kappa shape index (κ1) is 29.4. The van der Waals surface area contributed by atoms with Crippen molar-refractivity contribution in [3.8, 4) is 0 Å². The Kier molecular flexibility index (Phi) is 15.4. The summed E-state index contributed by atoms with van der Waals surface area (Å²) in [6.07, 6.45) is 16.5. The molecule has 8 nitrogen and oxygen atoms in total. The van der Waals surface area contributed by atoms with Crippen LogP contribution in [-0.2, 0) is 4.79 Å². The fourth-order valence-corrected chi connectivity index (χ4v) is 3.90. The lowest BCUT2D eigenvalue weighted by molar-refractivity contribution is -0.384. The third kappa shape index (κ3) is 13.8. The van der Waals surface area contributed by atoms with Gasteiger partial charge in [-0.15, -0.1) is 0 Å². The summed E-state index contributed by atoms with van der Waals surface area (Å²) in [5, 5.41) is 25.3. The second kappa shape index (κ2) is 17.8. The molecule has 8 heteroatoms. The van der Waals surface area contributed by atoms with Gasteiger partial charge >= 0.3 is 5.97 Å². The van der Waals surface area contributed by atoms with Crippen LogP contribution in [-0.4, -0.2) is 35.0 Å². The normalized spacial score (nSPS) is 10.9. The highest BCUT2D eigenvalue weighted by molar-refractivity contribution is 5.97. The van der Waals surface area contributed by atoms with Crippen LogP contribution >= 0.6 is 0 Å².